The zero-order valence-electron chi connectivity index (χ0n) is 18.5. The number of hydrogen-bond acceptors (Lipinski definition) is 3. The molecular weight excluding hydrogens is 477 g/mol. The van der Waals surface area contributed by atoms with Gasteiger partial charge in [-0.1, -0.05) is 31.4 Å². The van der Waals surface area contributed by atoms with Gasteiger partial charge < -0.3 is 20.9 Å². The SMILES string of the molecule is CN=C(NCC(=O)NC(C)(C)C)NCc1ccc(N(C)C2CCCCC2)cc1.I. The summed E-state index contributed by atoms with van der Waals surface area (Å²) in [5.41, 5.74) is 2.22. The number of nitrogens with zero attached hydrogens (tertiary/aromatic N) is 2. The Morgan fingerprint density at radius 1 is 1.10 bits per heavy atom. The average Bonchev–Trinajstić information content (AvgIpc) is 2.67. The molecular formula is C22H38IN5O. The van der Waals surface area contributed by atoms with Crippen molar-refractivity contribution in [3.05, 3.63) is 29.8 Å². The Hall–Kier alpha value is -1.51. The van der Waals surface area contributed by atoms with Gasteiger partial charge in [-0.3, -0.25) is 9.79 Å². The fourth-order valence-corrected chi connectivity index (χ4v) is 3.56. The number of hydrogen-bond donors (Lipinski definition) is 3. The van der Waals surface area contributed by atoms with Crippen molar-refractivity contribution in [2.75, 3.05) is 25.5 Å². The van der Waals surface area contributed by atoms with Crippen molar-refractivity contribution in [2.45, 2.75) is 71.0 Å². The molecule has 29 heavy (non-hydrogen) atoms. The molecule has 2 rings (SSSR count). The molecule has 7 heteroatoms. The van der Waals surface area contributed by atoms with Gasteiger partial charge in [0.25, 0.3) is 0 Å². The molecule has 0 bridgehead atoms. The van der Waals surface area contributed by atoms with Crippen LogP contribution in [0.25, 0.3) is 0 Å². The van der Waals surface area contributed by atoms with Crippen LogP contribution in [-0.4, -0.2) is 44.1 Å². The number of aliphatic imine (C=N–C) groups is 1. The van der Waals surface area contributed by atoms with Gasteiger partial charge >= 0.3 is 0 Å². The van der Waals surface area contributed by atoms with Gasteiger partial charge in [0.1, 0.15) is 0 Å². The molecule has 1 aliphatic carbocycles. The van der Waals surface area contributed by atoms with Gasteiger partial charge in [-0.25, -0.2) is 0 Å². The van der Waals surface area contributed by atoms with Crippen LogP contribution >= 0.6 is 24.0 Å². The Morgan fingerprint density at radius 2 is 1.72 bits per heavy atom. The van der Waals surface area contributed by atoms with Crippen LogP contribution in [-0.2, 0) is 11.3 Å². The van der Waals surface area contributed by atoms with Gasteiger partial charge in [0.05, 0.1) is 6.54 Å². The van der Waals surface area contributed by atoms with Crippen molar-refractivity contribution >= 4 is 41.5 Å². The first-order valence-corrected chi connectivity index (χ1v) is 10.4. The molecule has 0 unspecified atom stereocenters. The van der Waals surface area contributed by atoms with Gasteiger partial charge in [-0.15, -0.1) is 24.0 Å². The van der Waals surface area contributed by atoms with Crippen LogP contribution in [0.5, 0.6) is 0 Å². The number of carbonyl (C=O) groups is 1. The van der Waals surface area contributed by atoms with E-state index in [-0.39, 0.29) is 42.0 Å². The Balaban J connectivity index is 0.00000420. The Morgan fingerprint density at radius 3 is 2.28 bits per heavy atom. The second kappa shape index (κ2) is 12.2. The summed E-state index contributed by atoms with van der Waals surface area (Å²) < 4.78 is 0. The molecule has 3 N–H and O–H groups in total. The second-order valence-corrected chi connectivity index (χ2v) is 8.65. The lowest BCUT2D eigenvalue weighted by Gasteiger charge is -2.33. The lowest BCUT2D eigenvalue weighted by Crippen LogP contribution is -2.48. The number of halogens is 1. The number of nitrogens with one attached hydrogen (secondary N) is 3. The Bertz CT molecular complexity index is 648. The third-order valence-corrected chi connectivity index (χ3v) is 5.08. The highest BCUT2D eigenvalue weighted by atomic mass is 127. The van der Waals surface area contributed by atoms with Crippen molar-refractivity contribution in [1.82, 2.24) is 16.0 Å². The summed E-state index contributed by atoms with van der Waals surface area (Å²) in [5.74, 6) is 0.568. The summed E-state index contributed by atoms with van der Waals surface area (Å²) in [6.45, 7) is 6.75. The van der Waals surface area contributed by atoms with Crippen LogP contribution in [0.3, 0.4) is 0 Å². The van der Waals surface area contributed by atoms with E-state index in [9.17, 15) is 4.79 Å². The normalized spacial score (nSPS) is 15.3. The highest BCUT2D eigenvalue weighted by Gasteiger charge is 2.18. The highest BCUT2D eigenvalue weighted by molar-refractivity contribution is 14.0. The number of anilines is 1. The molecule has 1 aromatic carbocycles. The first-order chi connectivity index (χ1) is 13.3. The smallest absolute Gasteiger partial charge is 0.239 e. The second-order valence-electron chi connectivity index (χ2n) is 8.65. The van der Waals surface area contributed by atoms with Crippen molar-refractivity contribution in [3.63, 3.8) is 0 Å². The van der Waals surface area contributed by atoms with E-state index in [0.29, 0.717) is 18.5 Å². The van der Waals surface area contributed by atoms with Crippen LogP contribution in [0, 0.1) is 0 Å². The molecule has 1 amide bonds. The molecule has 6 nitrogen and oxygen atoms in total. The molecule has 0 saturated heterocycles. The van der Waals surface area contributed by atoms with Gasteiger partial charge in [-0.2, -0.15) is 0 Å². The molecule has 0 spiro atoms. The Kier molecular flexibility index (Phi) is 10.8. The minimum atomic E-state index is -0.234. The predicted molar refractivity (Wildman–Crippen MR) is 133 cm³/mol. The van der Waals surface area contributed by atoms with Crippen molar-refractivity contribution in [3.8, 4) is 0 Å². The standard InChI is InChI=1S/C22H37N5O.HI/c1-22(2,3)26-20(28)16-25-21(23-4)24-15-17-11-13-19(14-12-17)27(5)18-9-7-6-8-10-18;/h11-14,18H,6-10,15-16H2,1-5H3,(H,26,28)(H2,23,24,25);1H. The van der Waals surface area contributed by atoms with E-state index in [1.807, 2.05) is 20.8 Å². The number of amides is 1. The lowest BCUT2D eigenvalue weighted by molar-refractivity contribution is -0.121. The Labute approximate surface area is 193 Å². The summed E-state index contributed by atoms with van der Waals surface area (Å²) in [6, 6.07) is 9.36. The minimum absolute atomic E-state index is 0. The fraction of sp³-hybridized carbons (Fsp3) is 0.636. The monoisotopic (exact) mass is 515 g/mol. The van der Waals surface area contributed by atoms with E-state index >= 15 is 0 Å². The molecule has 0 aliphatic heterocycles. The number of rotatable bonds is 6. The molecule has 1 aliphatic rings. The summed E-state index contributed by atoms with van der Waals surface area (Å²) >= 11 is 0. The number of benzene rings is 1. The molecule has 0 aromatic heterocycles. The zero-order valence-corrected chi connectivity index (χ0v) is 20.9. The van der Waals surface area contributed by atoms with E-state index in [1.54, 1.807) is 7.05 Å². The van der Waals surface area contributed by atoms with E-state index in [0.717, 1.165) is 0 Å². The van der Waals surface area contributed by atoms with E-state index < -0.39 is 0 Å². The molecule has 0 heterocycles. The minimum Gasteiger partial charge on any atom is -0.372 e. The van der Waals surface area contributed by atoms with Gasteiger partial charge in [0.15, 0.2) is 5.96 Å². The number of carbonyl (C=O) groups excluding carboxylic acids is 1. The third-order valence-electron chi connectivity index (χ3n) is 5.08. The first-order valence-electron chi connectivity index (χ1n) is 10.4. The van der Waals surface area contributed by atoms with Gasteiger partial charge in [0.2, 0.25) is 5.91 Å². The van der Waals surface area contributed by atoms with Crippen LogP contribution < -0.4 is 20.9 Å². The van der Waals surface area contributed by atoms with Crippen LogP contribution in [0.1, 0.15) is 58.4 Å². The quantitative estimate of drug-likeness (QED) is 0.308. The summed E-state index contributed by atoms with van der Waals surface area (Å²) in [6.07, 6.45) is 6.66. The van der Waals surface area contributed by atoms with E-state index in [1.165, 1.54) is 43.4 Å². The third kappa shape index (κ3) is 9.23. The molecule has 1 fully saturated rings. The zero-order chi connectivity index (χ0) is 20.6. The van der Waals surface area contributed by atoms with Gasteiger partial charge in [-0.05, 0) is 51.3 Å². The van der Waals surface area contributed by atoms with Gasteiger partial charge in [0, 0.05) is 37.9 Å². The van der Waals surface area contributed by atoms with Crippen molar-refractivity contribution in [1.29, 1.82) is 0 Å². The summed E-state index contributed by atoms with van der Waals surface area (Å²) in [7, 11) is 3.91. The molecule has 0 radical (unpaired) electrons. The maximum absolute atomic E-state index is 11.9. The highest BCUT2D eigenvalue weighted by Crippen LogP contribution is 2.26. The summed E-state index contributed by atoms with van der Waals surface area (Å²) in [5, 5.41) is 9.24. The summed E-state index contributed by atoms with van der Waals surface area (Å²) in [4.78, 5) is 18.5. The maximum atomic E-state index is 11.9. The largest absolute Gasteiger partial charge is 0.372 e. The van der Waals surface area contributed by atoms with E-state index in [2.05, 4.69) is 57.2 Å². The fourth-order valence-electron chi connectivity index (χ4n) is 3.56. The lowest BCUT2D eigenvalue weighted by atomic mass is 9.94. The first kappa shape index (κ1) is 25.5. The average molecular weight is 515 g/mol. The predicted octanol–water partition coefficient (Wildman–Crippen LogP) is 3.65. The van der Waals surface area contributed by atoms with Crippen LogP contribution in [0.15, 0.2) is 29.3 Å². The molecule has 1 saturated carbocycles. The number of guanidine groups is 1. The molecule has 0 atom stereocenters. The van der Waals surface area contributed by atoms with Crippen molar-refractivity contribution < 1.29 is 4.79 Å². The van der Waals surface area contributed by atoms with E-state index in [4.69, 9.17) is 0 Å². The van der Waals surface area contributed by atoms with Crippen LogP contribution in [0.4, 0.5) is 5.69 Å². The molecule has 1 aromatic rings. The van der Waals surface area contributed by atoms with Crippen molar-refractivity contribution in [2.24, 2.45) is 4.99 Å². The van der Waals surface area contributed by atoms with Crippen LogP contribution in [0.2, 0.25) is 0 Å². The maximum Gasteiger partial charge on any atom is 0.239 e. The topological polar surface area (TPSA) is 68.8 Å². The molecule has 164 valence electrons.